The average molecular weight is 250 g/mol. The summed E-state index contributed by atoms with van der Waals surface area (Å²) in [5.41, 5.74) is 3.38. The quantitative estimate of drug-likeness (QED) is 0.573. The monoisotopic (exact) mass is 250 g/mol. The highest BCUT2D eigenvalue weighted by molar-refractivity contribution is 5.66. The van der Waals surface area contributed by atoms with Crippen LogP contribution in [0.4, 0.5) is 11.6 Å². The van der Waals surface area contributed by atoms with Crippen LogP contribution in [-0.2, 0) is 4.74 Å². The van der Waals surface area contributed by atoms with E-state index in [0.29, 0.717) is 12.4 Å². The number of imidazole rings is 1. The molecule has 0 radical (unpaired) electrons. The molecule has 2 heterocycles. The van der Waals surface area contributed by atoms with Crippen molar-refractivity contribution >= 4 is 17.3 Å². The Bertz CT molecular complexity index is 511. The van der Waals surface area contributed by atoms with Crippen molar-refractivity contribution in [1.82, 2.24) is 14.4 Å². The topological polar surface area (TPSA) is 80.7 Å². The number of rotatable bonds is 6. The summed E-state index contributed by atoms with van der Waals surface area (Å²) in [5, 5.41) is 0. The molecule has 2 rings (SSSR count). The molecule has 0 aromatic carbocycles. The number of nitrogens with two attached hydrogens (primary N) is 1. The summed E-state index contributed by atoms with van der Waals surface area (Å²) in [4.78, 5) is 10.9. The van der Waals surface area contributed by atoms with E-state index in [2.05, 4.69) is 27.2 Å². The van der Waals surface area contributed by atoms with Gasteiger partial charge in [0.05, 0.1) is 12.8 Å². The van der Waals surface area contributed by atoms with Gasteiger partial charge in [-0.3, -0.25) is 0 Å². The van der Waals surface area contributed by atoms with E-state index in [1.165, 1.54) is 0 Å². The fourth-order valence-corrected chi connectivity index (χ4v) is 1.81. The van der Waals surface area contributed by atoms with Gasteiger partial charge >= 0.3 is 0 Å². The molecule has 2 aromatic rings. The van der Waals surface area contributed by atoms with E-state index in [9.17, 15) is 0 Å². The Morgan fingerprint density at radius 3 is 3.06 bits per heavy atom. The van der Waals surface area contributed by atoms with Gasteiger partial charge in [-0.2, -0.15) is 0 Å². The fourth-order valence-electron chi connectivity index (χ4n) is 1.81. The lowest BCUT2D eigenvalue weighted by atomic mass is 10.4. The molecule has 2 aromatic heterocycles. The van der Waals surface area contributed by atoms with Crippen LogP contribution in [0.2, 0.25) is 0 Å². The summed E-state index contributed by atoms with van der Waals surface area (Å²) >= 11 is 0. The van der Waals surface area contributed by atoms with Gasteiger partial charge in [-0.15, -0.1) is 0 Å². The first-order valence-corrected chi connectivity index (χ1v) is 5.84. The maximum Gasteiger partial charge on any atom is 0.180 e. The number of nitrogen functional groups attached to an aromatic ring is 1. The Morgan fingerprint density at radius 1 is 1.56 bits per heavy atom. The number of fused-ring (bicyclic) bond motifs is 1. The van der Waals surface area contributed by atoms with Crippen LogP contribution in [0.5, 0.6) is 0 Å². The number of ether oxygens (including phenoxy) is 1. The predicted molar refractivity (Wildman–Crippen MR) is 70.6 cm³/mol. The lowest BCUT2D eigenvalue weighted by molar-refractivity contribution is 0.205. The first-order valence-electron chi connectivity index (χ1n) is 5.84. The second-order valence-corrected chi connectivity index (χ2v) is 3.82. The first-order chi connectivity index (χ1) is 8.80. The minimum atomic E-state index is 0.603. The Hall–Kier alpha value is -1.86. The van der Waals surface area contributed by atoms with E-state index in [4.69, 9.17) is 10.6 Å². The van der Waals surface area contributed by atoms with Gasteiger partial charge in [-0.05, 0) is 6.92 Å². The van der Waals surface area contributed by atoms with Crippen LogP contribution in [0.15, 0.2) is 18.6 Å². The van der Waals surface area contributed by atoms with Crippen molar-refractivity contribution in [3.05, 3.63) is 18.6 Å². The maximum atomic E-state index is 5.43. The molecular formula is C11H18N6O. The molecule has 0 spiro atoms. The standard InChI is InChI=1S/C11H18N6O/c1-3-16(6-7-18-2)11-10-13-4-5-17(10)8-9(14-11)15-12/h4-5,8,15H,3,6-7,12H2,1-2H3. The average Bonchev–Trinajstić information content (AvgIpc) is 2.87. The first kappa shape index (κ1) is 12.6. The van der Waals surface area contributed by atoms with Crippen molar-refractivity contribution in [3.63, 3.8) is 0 Å². The molecular weight excluding hydrogens is 232 g/mol. The van der Waals surface area contributed by atoms with Gasteiger partial charge in [0.25, 0.3) is 0 Å². The number of hydrogen-bond donors (Lipinski definition) is 2. The molecule has 0 fully saturated rings. The summed E-state index contributed by atoms with van der Waals surface area (Å²) in [5.74, 6) is 6.83. The molecule has 0 aliphatic heterocycles. The SMILES string of the molecule is CCN(CCOC)c1nc(NN)cn2ccnc12. The number of likely N-dealkylation sites (N-methyl/N-ethyl adjacent to an activating group) is 1. The smallest absolute Gasteiger partial charge is 0.180 e. The Kier molecular flexibility index (Phi) is 3.96. The zero-order chi connectivity index (χ0) is 13.0. The highest BCUT2D eigenvalue weighted by Gasteiger charge is 2.13. The third kappa shape index (κ3) is 2.36. The molecule has 0 saturated carbocycles. The van der Waals surface area contributed by atoms with Gasteiger partial charge < -0.3 is 19.5 Å². The number of methoxy groups -OCH3 is 1. The number of nitrogens with zero attached hydrogens (tertiary/aromatic N) is 4. The van der Waals surface area contributed by atoms with Crippen molar-refractivity contribution in [1.29, 1.82) is 0 Å². The zero-order valence-corrected chi connectivity index (χ0v) is 10.6. The molecule has 7 nitrogen and oxygen atoms in total. The van der Waals surface area contributed by atoms with Gasteiger partial charge in [0.1, 0.15) is 0 Å². The normalized spacial score (nSPS) is 10.8. The summed E-state index contributed by atoms with van der Waals surface area (Å²) in [6.45, 7) is 4.30. The Balaban J connectivity index is 2.42. The van der Waals surface area contributed by atoms with E-state index in [1.54, 1.807) is 19.5 Å². The van der Waals surface area contributed by atoms with E-state index in [0.717, 1.165) is 24.6 Å². The fraction of sp³-hybridized carbons (Fsp3) is 0.455. The van der Waals surface area contributed by atoms with E-state index >= 15 is 0 Å². The van der Waals surface area contributed by atoms with Crippen LogP contribution >= 0.6 is 0 Å². The molecule has 0 bridgehead atoms. The molecule has 0 atom stereocenters. The highest BCUT2D eigenvalue weighted by Crippen LogP contribution is 2.19. The maximum absolute atomic E-state index is 5.43. The zero-order valence-electron chi connectivity index (χ0n) is 10.6. The number of hydrazine groups is 1. The molecule has 3 N–H and O–H groups in total. The molecule has 0 aliphatic carbocycles. The number of anilines is 2. The van der Waals surface area contributed by atoms with Crippen LogP contribution in [0.1, 0.15) is 6.92 Å². The predicted octanol–water partition coefficient (Wildman–Crippen LogP) is 0.488. The minimum Gasteiger partial charge on any atom is -0.383 e. The van der Waals surface area contributed by atoms with E-state index in [1.807, 2.05) is 10.6 Å². The van der Waals surface area contributed by atoms with E-state index < -0.39 is 0 Å². The molecule has 0 aliphatic rings. The number of aromatic nitrogens is 3. The third-order valence-electron chi connectivity index (χ3n) is 2.75. The lowest BCUT2D eigenvalue weighted by Crippen LogP contribution is -2.28. The molecule has 18 heavy (non-hydrogen) atoms. The van der Waals surface area contributed by atoms with Crippen LogP contribution in [0, 0.1) is 0 Å². The molecule has 98 valence electrons. The molecule has 0 unspecified atom stereocenters. The van der Waals surface area contributed by atoms with Crippen molar-refractivity contribution in [2.75, 3.05) is 37.1 Å². The van der Waals surface area contributed by atoms with Gasteiger partial charge in [-0.25, -0.2) is 15.8 Å². The van der Waals surface area contributed by atoms with Gasteiger partial charge in [0.15, 0.2) is 17.3 Å². The van der Waals surface area contributed by atoms with Crippen LogP contribution in [0.3, 0.4) is 0 Å². The van der Waals surface area contributed by atoms with Crippen molar-refractivity contribution in [3.8, 4) is 0 Å². The summed E-state index contributed by atoms with van der Waals surface area (Å²) < 4.78 is 7.00. The summed E-state index contributed by atoms with van der Waals surface area (Å²) in [6.07, 6.45) is 5.41. The van der Waals surface area contributed by atoms with Gasteiger partial charge in [0.2, 0.25) is 0 Å². The number of hydrogen-bond acceptors (Lipinski definition) is 6. The molecule has 0 saturated heterocycles. The Morgan fingerprint density at radius 2 is 2.39 bits per heavy atom. The number of nitrogens with one attached hydrogen (secondary N) is 1. The van der Waals surface area contributed by atoms with Crippen LogP contribution in [-0.4, -0.2) is 41.2 Å². The second-order valence-electron chi connectivity index (χ2n) is 3.82. The third-order valence-corrected chi connectivity index (χ3v) is 2.75. The summed E-state index contributed by atoms with van der Waals surface area (Å²) in [7, 11) is 1.68. The van der Waals surface area contributed by atoms with Gasteiger partial charge in [-0.1, -0.05) is 0 Å². The van der Waals surface area contributed by atoms with Crippen molar-refractivity contribution in [2.45, 2.75) is 6.92 Å². The molecule has 0 amide bonds. The van der Waals surface area contributed by atoms with Crippen LogP contribution < -0.4 is 16.2 Å². The molecule has 7 heteroatoms. The largest absolute Gasteiger partial charge is 0.383 e. The van der Waals surface area contributed by atoms with Crippen molar-refractivity contribution < 1.29 is 4.74 Å². The van der Waals surface area contributed by atoms with Crippen molar-refractivity contribution in [2.24, 2.45) is 5.84 Å². The van der Waals surface area contributed by atoms with Gasteiger partial charge in [0, 0.05) is 32.6 Å². The highest BCUT2D eigenvalue weighted by atomic mass is 16.5. The van der Waals surface area contributed by atoms with E-state index in [-0.39, 0.29) is 0 Å². The summed E-state index contributed by atoms with van der Waals surface area (Å²) in [6, 6.07) is 0. The second kappa shape index (κ2) is 5.65. The minimum absolute atomic E-state index is 0.603. The van der Waals surface area contributed by atoms with Crippen LogP contribution in [0.25, 0.3) is 5.65 Å². The Labute approximate surface area is 106 Å². The lowest BCUT2D eigenvalue weighted by Gasteiger charge is -2.22.